The van der Waals surface area contributed by atoms with Crippen LogP contribution in [0.25, 0.3) is 0 Å². The van der Waals surface area contributed by atoms with Gasteiger partial charge in [0.25, 0.3) is 0 Å². The first kappa shape index (κ1) is 77.2. The SMILES string of the molecule is CCCCCC/C=C\CCCCCCCC(=O)OCC(COC(=O)CCCCCCCCCCCCCCCCCCCCCCCCCCCCCCC)OC(=O)CCCCCCCCCCCCCCCCCCCCC. The molecule has 0 spiro atoms. The Balaban J connectivity index is 4.14. The molecule has 0 aliphatic heterocycles. The lowest BCUT2D eigenvalue weighted by Gasteiger charge is -2.18. The predicted octanol–water partition coefficient (Wildman–Crippen LogP) is 24.8. The van der Waals surface area contributed by atoms with Crippen molar-refractivity contribution in [2.24, 2.45) is 0 Å². The maximum atomic E-state index is 12.9. The Kier molecular flexibility index (Phi) is 67.0. The third-order valence-corrected chi connectivity index (χ3v) is 16.8. The Bertz CT molecular complexity index is 1230. The largest absolute Gasteiger partial charge is 0.462 e. The number of ether oxygens (including phenoxy) is 3. The molecule has 0 aliphatic rings. The van der Waals surface area contributed by atoms with Crippen LogP contribution in [0, 0.1) is 0 Å². The monoisotopic (exact) mass is 1110 g/mol. The van der Waals surface area contributed by atoms with Gasteiger partial charge < -0.3 is 14.2 Å². The van der Waals surface area contributed by atoms with E-state index >= 15 is 0 Å². The van der Waals surface area contributed by atoms with Crippen molar-refractivity contribution in [2.45, 2.75) is 425 Å². The Morgan fingerprint density at radius 1 is 0.241 bits per heavy atom. The van der Waals surface area contributed by atoms with E-state index in [-0.39, 0.29) is 31.1 Å². The molecule has 1 unspecified atom stereocenters. The molecular weight excluding hydrogens is 973 g/mol. The second kappa shape index (κ2) is 68.6. The van der Waals surface area contributed by atoms with Crippen LogP contribution in [0.2, 0.25) is 0 Å². The summed E-state index contributed by atoms with van der Waals surface area (Å²) in [6.07, 6.45) is 82.6. The van der Waals surface area contributed by atoms with Crippen LogP contribution in [0.1, 0.15) is 419 Å². The second-order valence-corrected chi connectivity index (χ2v) is 24.9. The minimum absolute atomic E-state index is 0.0657. The maximum Gasteiger partial charge on any atom is 0.306 e. The molecule has 0 radical (unpaired) electrons. The van der Waals surface area contributed by atoms with Gasteiger partial charge in [0.15, 0.2) is 6.10 Å². The average molecular weight is 1110 g/mol. The van der Waals surface area contributed by atoms with Crippen molar-refractivity contribution in [3.05, 3.63) is 12.2 Å². The number of rotatable bonds is 68. The lowest BCUT2D eigenvalue weighted by atomic mass is 10.0. The van der Waals surface area contributed by atoms with Gasteiger partial charge in [-0.15, -0.1) is 0 Å². The number of hydrogen-bond acceptors (Lipinski definition) is 6. The van der Waals surface area contributed by atoms with Gasteiger partial charge in [-0.1, -0.05) is 367 Å². The smallest absolute Gasteiger partial charge is 0.306 e. The Hall–Kier alpha value is -1.85. The van der Waals surface area contributed by atoms with Gasteiger partial charge in [-0.05, 0) is 44.9 Å². The van der Waals surface area contributed by atoms with Gasteiger partial charge in [0.1, 0.15) is 13.2 Å². The zero-order valence-electron chi connectivity index (χ0n) is 53.9. The second-order valence-electron chi connectivity index (χ2n) is 24.9. The summed E-state index contributed by atoms with van der Waals surface area (Å²) in [4.78, 5) is 38.4. The molecule has 0 aromatic rings. The van der Waals surface area contributed by atoms with E-state index in [0.717, 1.165) is 64.2 Å². The van der Waals surface area contributed by atoms with E-state index < -0.39 is 6.10 Å². The van der Waals surface area contributed by atoms with Crippen molar-refractivity contribution in [1.29, 1.82) is 0 Å². The van der Waals surface area contributed by atoms with Gasteiger partial charge >= 0.3 is 17.9 Å². The van der Waals surface area contributed by atoms with E-state index in [0.29, 0.717) is 19.3 Å². The molecule has 0 saturated carbocycles. The summed E-state index contributed by atoms with van der Waals surface area (Å²) >= 11 is 0. The first-order valence-corrected chi connectivity index (χ1v) is 36.2. The van der Waals surface area contributed by atoms with Gasteiger partial charge in [0.2, 0.25) is 0 Å². The molecule has 0 saturated heterocycles. The maximum absolute atomic E-state index is 12.9. The fourth-order valence-electron chi connectivity index (χ4n) is 11.3. The van der Waals surface area contributed by atoms with Crippen LogP contribution in [-0.2, 0) is 28.6 Å². The number of carbonyl (C=O) groups is 3. The van der Waals surface area contributed by atoms with Crippen LogP contribution in [0.15, 0.2) is 12.2 Å². The normalized spacial score (nSPS) is 12.0. The van der Waals surface area contributed by atoms with Crippen molar-refractivity contribution in [3.63, 3.8) is 0 Å². The molecular formula is C73H140O6. The molecule has 0 aliphatic carbocycles. The molecule has 0 fully saturated rings. The molecule has 0 bridgehead atoms. The summed E-state index contributed by atoms with van der Waals surface area (Å²) in [7, 11) is 0. The first-order chi connectivity index (χ1) is 39.0. The molecule has 6 heteroatoms. The van der Waals surface area contributed by atoms with Gasteiger partial charge in [-0.2, -0.15) is 0 Å². The third kappa shape index (κ3) is 66.8. The fraction of sp³-hybridized carbons (Fsp3) is 0.932. The zero-order valence-corrected chi connectivity index (χ0v) is 53.9. The molecule has 0 aromatic heterocycles. The average Bonchev–Trinajstić information content (AvgIpc) is 3.45. The van der Waals surface area contributed by atoms with E-state index in [2.05, 4.69) is 32.9 Å². The minimum atomic E-state index is -0.769. The molecule has 0 rings (SSSR count). The highest BCUT2D eigenvalue weighted by atomic mass is 16.6. The molecule has 0 aromatic carbocycles. The highest BCUT2D eigenvalue weighted by Crippen LogP contribution is 2.19. The van der Waals surface area contributed by atoms with Gasteiger partial charge in [-0.25, -0.2) is 0 Å². The van der Waals surface area contributed by atoms with Crippen LogP contribution >= 0.6 is 0 Å². The predicted molar refractivity (Wildman–Crippen MR) is 344 cm³/mol. The van der Waals surface area contributed by atoms with Crippen molar-refractivity contribution in [3.8, 4) is 0 Å². The number of hydrogen-bond donors (Lipinski definition) is 0. The first-order valence-electron chi connectivity index (χ1n) is 36.2. The summed E-state index contributed by atoms with van der Waals surface area (Å²) in [6, 6.07) is 0. The molecule has 468 valence electrons. The van der Waals surface area contributed by atoms with Crippen molar-refractivity contribution in [1.82, 2.24) is 0 Å². The molecule has 6 nitrogen and oxygen atoms in total. The number of esters is 3. The Labute approximate surface area is 494 Å². The Morgan fingerprint density at radius 2 is 0.418 bits per heavy atom. The summed E-state index contributed by atoms with van der Waals surface area (Å²) in [5.41, 5.74) is 0. The highest BCUT2D eigenvalue weighted by Gasteiger charge is 2.19. The highest BCUT2D eigenvalue weighted by molar-refractivity contribution is 5.71. The molecule has 0 heterocycles. The lowest BCUT2D eigenvalue weighted by Crippen LogP contribution is -2.30. The molecule has 0 N–H and O–H groups in total. The third-order valence-electron chi connectivity index (χ3n) is 16.8. The summed E-state index contributed by atoms with van der Waals surface area (Å²) in [5, 5.41) is 0. The van der Waals surface area contributed by atoms with E-state index in [9.17, 15) is 14.4 Å². The molecule has 79 heavy (non-hydrogen) atoms. The van der Waals surface area contributed by atoms with Crippen LogP contribution in [0.3, 0.4) is 0 Å². The quantitative estimate of drug-likeness (QED) is 0.0261. The van der Waals surface area contributed by atoms with Crippen molar-refractivity contribution in [2.75, 3.05) is 13.2 Å². The standard InChI is InChI=1S/C73H140O6/c1-4-7-10-13-16-19-22-25-27-29-31-32-33-34-35-36-37-38-39-40-42-43-45-48-51-54-57-60-63-66-72(75)78-69-70(68-77-71(74)65-62-59-56-53-50-47-24-21-18-15-12-9-6-3)79-73(76)67-64-61-58-55-52-49-46-44-41-30-28-26-23-20-17-14-11-8-5-2/h21,24,70H,4-20,22-23,25-69H2,1-3H3/b24-21-. The molecule has 1 atom stereocenters. The van der Waals surface area contributed by atoms with Crippen LogP contribution in [0.4, 0.5) is 0 Å². The number of carbonyl (C=O) groups excluding carboxylic acids is 3. The Morgan fingerprint density at radius 3 is 0.646 bits per heavy atom. The van der Waals surface area contributed by atoms with E-state index in [1.807, 2.05) is 0 Å². The summed E-state index contributed by atoms with van der Waals surface area (Å²) < 4.78 is 17.0. The zero-order chi connectivity index (χ0) is 57.1. The van der Waals surface area contributed by atoms with Crippen LogP contribution in [-0.4, -0.2) is 37.2 Å². The van der Waals surface area contributed by atoms with E-state index in [1.54, 1.807) is 0 Å². The van der Waals surface area contributed by atoms with E-state index in [1.165, 1.54) is 315 Å². The molecule has 0 amide bonds. The number of allylic oxidation sites excluding steroid dienone is 2. The lowest BCUT2D eigenvalue weighted by molar-refractivity contribution is -0.167. The van der Waals surface area contributed by atoms with E-state index in [4.69, 9.17) is 14.2 Å². The topological polar surface area (TPSA) is 78.9 Å². The summed E-state index contributed by atoms with van der Waals surface area (Å²) in [6.45, 7) is 6.71. The van der Waals surface area contributed by atoms with Crippen molar-refractivity contribution >= 4 is 17.9 Å². The van der Waals surface area contributed by atoms with Gasteiger partial charge in [0.05, 0.1) is 0 Å². The van der Waals surface area contributed by atoms with Crippen LogP contribution in [0.5, 0.6) is 0 Å². The number of unbranched alkanes of at least 4 members (excludes halogenated alkanes) is 55. The van der Waals surface area contributed by atoms with Crippen LogP contribution < -0.4 is 0 Å². The van der Waals surface area contributed by atoms with Gasteiger partial charge in [0, 0.05) is 19.3 Å². The van der Waals surface area contributed by atoms with Gasteiger partial charge in [-0.3, -0.25) is 14.4 Å². The fourth-order valence-corrected chi connectivity index (χ4v) is 11.3. The van der Waals surface area contributed by atoms with Crippen molar-refractivity contribution < 1.29 is 28.6 Å². The summed E-state index contributed by atoms with van der Waals surface area (Å²) in [5.74, 6) is -0.840. The minimum Gasteiger partial charge on any atom is -0.462 e.